The van der Waals surface area contributed by atoms with Crippen LogP contribution in [-0.4, -0.2) is 44.4 Å². The van der Waals surface area contributed by atoms with Crippen molar-refractivity contribution in [2.24, 2.45) is 0 Å². The summed E-state index contributed by atoms with van der Waals surface area (Å²) < 4.78 is 51.4. The highest BCUT2D eigenvalue weighted by Crippen LogP contribution is 2.32. The van der Waals surface area contributed by atoms with Crippen LogP contribution in [0.1, 0.15) is 13.3 Å². The largest absolute Gasteiger partial charge is 0.471 e. The number of methoxy groups -OCH3 is 2. The van der Waals surface area contributed by atoms with Gasteiger partial charge in [0.15, 0.2) is 12.1 Å². The second-order valence-corrected chi connectivity index (χ2v) is 3.76. The zero-order chi connectivity index (χ0) is 13.3. The Labute approximate surface area is 96.2 Å². The van der Waals surface area contributed by atoms with Crippen LogP contribution in [0.25, 0.3) is 0 Å². The number of nitrogens with one attached hydrogen (secondary N) is 1. The van der Waals surface area contributed by atoms with Crippen LogP contribution in [0.4, 0.5) is 13.2 Å². The third-order valence-corrected chi connectivity index (χ3v) is 2.66. The first-order valence-corrected chi connectivity index (χ1v) is 4.86. The minimum absolute atomic E-state index is 0.0860. The molecular formula is C9H14F3NO4. The molecule has 17 heavy (non-hydrogen) atoms. The van der Waals surface area contributed by atoms with Crippen molar-refractivity contribution in [3.8, 4) is 0 Å². The average molecular weight is 257 g/mol. The highest BCUT2D eigenvalue weighted by Gasteiger charge is 2.50. The van der Waals surface area contributed by atoms with Crippen LogP contribution < -0.4 is 5.32 Å². The molecule has 0 aromatic carbocycles. The summed E-state index contributed by atoms with van der Waals surface area (Å²) in [5.41, 5.74) is 0. The lowest BCUT2D eigenvalue weighted by atomic mass is 10.1. The van der Waals surface area contributed by atoms with Gasteiger partial charge in [-0.05, 0) is 6.92 Å². The quantitative estimate of drug-likeness (QED) is 0.812. The van der Waals surface area contributed by atoms with Gasteiger partial charge in [-0.1, -0.05) is 0 Å². The van der Waals surface area contributed by atoms with E-state index in [9.17, 15) is 18.0 Å². The molecule has 1 fully saturated rings. The number of halogens is 3. The molecule has 100 valence electrons. The first kappa shape index (κ1) is 14.2. The zero-order valence-corrected chi connectivity index (χ0v) is 9.63. The molecule has 0 spiro atoms. The van der Waals surface area contributed by atoms with E-state index in [1.165, 1.54) is 21.1 Å². The highest BCUT2D eigenvalue weighted by molar-refractivity contribution is 5.82. The van der Waals surface area contributed by atoms with Gasteiger partial charge in [0, 0.05) is 20.6 Å². The van der Waals surface area contributed by atoms with Crippen molar-refractivity contribution in [3.63, 3.8) is 0 Å². The third-order valence-electron chi connectivity index (χ3n) is 2.66. The van der Waals surface area contributed by atoms with Crippen molar-refractivity contribution in [1.82, 2.24) is 5.32 Å². The molecule has 1 aliphatic heterocycles. The average Bonchev–Trinajstić information content (AvgIpc) is 2.55. The van der Waals surface area contributed by atoms with Crippen LogP contribution in [0.5, 0.6) is 0 Å². The van der Waals surface area contributed by atoms with Crippen molar-refractivity contribution in [3.05, 3.63) is 0 Å². The molecular weight excluding hydrogens is 243 g/mol. The first-order valence-electron chi connectivity index (χ1n) is 4.86. The summed E-state index contributed by atoms with van der Waals surface area (Å²) in [5.74, 6) is -3.35. The summed E-state index contributed by atoms with van der Waals surface area (Å²) in [5, 5.41) is 1.83. The smallest absolute Gasteiger partial charge is 0.356 e. The van der Waals surface area contributed by atoms with Gasteiger partial charge in [-0.25, -0.2) is 0 Å². The second kappa shape index (κ2) is 4.79. The molecule has 0 aromatic heterocycles. The molecule has 0 bridgehead atoms. The third kappa shape index (κ3) is 3.08. The predicted octanol–water partition coefficient (Wildman–Crippen LogP) is 0.789. The number of alkyl halides is 3. The Morgan fingerprint density at radius 1 is 1.47 bits per heavy atom. The van der Waals surface area contributed by atoms with E-state index >= 15 is 0 Å². The molecule has 5 nitrogen and oxygen atoms in total. The van der Waals surface area contributed by atoms with Gasteiger partial charge in [0.25, 0.3) is 0 Å². The number of hydrogen-bond donors (Lipinski definition) is 1. The monoisotopic (exact) mass is 257 g/mol. The SMILES string of the molecule is COC1CC(NC(=O)C(F)(F)F)C(C)(OC)O1. The van der Waals surface area contributed by atoms with Gasteiger partial charge in [0.05, 0.1) is 6.04 Å². The normalized spacial score (nSPS) is 33.8. The molecule has 1 saturated heterocycles. The Balaban J connectivity index is 2.72. The molecule has 3 unspecified atom stereocenters. The Morgan fingerprint density at radius 2 is 2.06 bits per heavy atom. The van der Waals surface area contributed by atoms with Gasteiger partial charge in [-0.15, -0.1) is 0 Å². The van der Waals surface area contributed by atoms with Gasteiger partial charge in [0.1, 0.15) is 0 Å². The fraction of sp³-hybridized carbons (Fsp3) is 0.889. The molecule has 1 rings (SSSR count). The molecule has 0 aromatic rings. The maximum absolute atomic E-state index is 12.1. The molecule has 0 radical (unpaired) electrons. The minimum atomic E-state index is -4.93. The van der Waals surface area contributed by atoms with Gasteiger partial charge in [0.2, 0.25) is 0 Å². The van der Waals surface area contributed by atoms with E-state index in [4.69, 9.17) is 14.2 Å². The summed E-state index contributed by atoms with van der Waals surface area (Å²) in [6.45, 7) is 1.44. The minimum Gasteiger partial charge on any atom is -0.356 e. The highest BCUT2D eigenvalue weighted by atomic mass is 19.4. The van der Waals surface area contributed by atoms with Crippen LogP contribution in [0.15, 0.2) is 0 Å². The standard InChI is InChI=1S/C9H14F3NO4/c1-8(16-3)5(4-6(15-2)17-8)13-7(14)9(10,11)12/h5-6H,4H2,1-3H3,(H,13,14). The molecule has 1 N–H and O–H groups in total. The summed E-state index contributed by atoms with van der Waals surface area (Å²) in [6.07, 6.45) is -5.55. The van der Waals surface area contributed by atoms with E-state index in [1.807, 2.05) is 5.32 Å². The Kier molecular flexibility index (Phi) is 4.00. The molecule has 1 amide bonds. The Bertz CT molecular complexity index is 296. The fourth-order valence-electron chi connectivity index (χ4n) is 1.56. The Morgan fingerprint density at radius 3 is 2.47 bits per heavy atom. The lowest BCUT2D eigenvalue weighted by molar-refractivity contribution is -0.252. The van der Waals surface area contributed by atoms with Crippen LogP contribution in [0, 0.1) is 0 Å². The van der Waals surface area contributed by atoms with Crippen molar-refractivity contribution in [1.29, 1.82) is 0 Å². The zero-order valence-electron chi connectivity index (χ0n) is 9.63. The Hall–Kier alpha value is -0.860. The van der Waals surface area contributed by atoms with Crippen molar-refractivity contribution < 1.29 is 32.2 Å². The van der Waals surface area contributed by atoms with Gasteiger partial charge < -0.3 is 19.5 Å². The van der Waals surface area contributed by atoms with Crippen molar-refractivity contribution in [2.75, 3.05) is 14.2 Å². The van der Waals surface area contributed by atoms with E-state index in [-0.39, 0.29) is 6.42 Å². The lowest BCUT2D eigenvalue weighted by Crippen LogP contribution is -2.52. The van der Waals surface area contributed by atoms with E-state index in [1.54, 1.807) is 0 Å². The van der Waals surface area contributed by atoms with E-state index in [0.717, 1.165) is 0 Å². The number of carbonyl (C=O) groups excluding carboxylic acids is 1. The summed E-state index contributed by atoms with van der Waals surface area (Å²) in [7, 11) is 2.64. The topological polar surface area (TPSA) is 56.8 Å². The van der Waals surface area contributed by atoms with E-state index in [2.05, 4.69) is 0 Å². The van der Waals surface area contributed by atoms with Crippen LogP contribution in [-0.2, 0) is 19.0 Å². The number of hydrogen-bond acceptors (Lipinski definition) is 4. The summed E-state index contributed by atoms with van der Waals surface area (Å²) in [4.78, 5) is 10.8. The van der Waals surface area contributed by atoms with Crippen molar-refractivity contribution in [2.45, 2.75) is 37.6 Å². The fourth-order valence-corrected chi connectivity index (χ4v) is 1.56. The molecule has 8 heteroatoms. The maximum Gasteiger partial charge on any atom is 0.471 e. The van der Waals surface area contributed by atoms with Crippen LogP contribution in [0.2, 0.25) is 0 Å². The number of amides is 1. The van der Waals surface area contributed by atoms with Crippen LogP contribution >= 0.6 is 0 Å². The second-order valence-electron chi connectivity index (χ2n) is 3.76. The lowest BCUT2D eigenvalue weighted by Gasteiger charge is -2.29. The predicted molar refractivity (Wildman–Crippen MR) is 49.9 cm³/mol. The summed E-state index contributed by atoms with van der Waals surface area (Å²) in [6, 6.07) is -0.924. The van der Waals surface area contributed by atoms with Crippen molar-refractivity contribution >= 4 is 5.91 Å². The molecule has 0 saturated carbocycles. The van der Waals surface area contributed by atoms with Gasteiger partial charge in [-0.3, -0.25) is 4.79 Å². The van der Waals surface area contributed by atoms with Gasteiger partial charge in [-0.2, -0.15) is 13.2 Å². The number of rotatable bonds is 3. The first-order chi connectivity index (χ1) is 7.73. The molecule has 0 aliphatic carbocycles. The molecule has 1 aliphatic rings. The van der Waals surface area contributed by atoms with Crippen LogP contribution in [0.3, 0.4) is 0 Å². The number of ether oxygens (including phenoxy) is 3. The van der Waals surface area contributed by atoms with E-state index < -0.39 is 30.2 Å². The van der Waals surface area contributed by atoms with Gasteiger partial charge >= 0.3 is 12.1 Å². The molecule has 1 heterocycles. The maximum atomic E-state index is 12.1. The molecule has 3 atom stereocenters. The number of carbonyl (C=O) groups is 1. The van der Waals surface area contributed by atoms with E-state index in [0.29, 0.717) is 0 Å². The summed E-state index contributed by atoms with van der Waals surface area (Å²) >= 11 is 0.